The summed E-state index contributed by atoms with van der Waals surface area (Å²) >= 11 is 0. The van der Waals surface area contributed by atoms with Crippen molar-refractivity contribution < 1.29 is 4.74 Å². The van der Waals surface area contributed by atoms with Gasteiger partial charge in [0.2, 0.25) is 0 Å². The molecule has 2 heterocycles. The van der Waals surface area contributed by atoms with Gasteiger partial charge in [-0.15, -0.1) is 5.10 Å². The normalized spacial score (nSPS) is 11.7. The molecule has 0 bridgehead atoms. The van der Waals surface area contributed by atoms with Gasteiger partial charge in [0.15, 0.2) is 11.6 Å². The van der Waals surface area contributed by atoms with Crippen LogP contribution in [0.15, 0.2) is 83.7 Å². The molecule has 0 aliphatic carbocycles. The van der Waals surface area contributed by atoms with Crippen LogP contribution in [0.4, 0.5) is 0 Å². The van der Waals surface area contributed by atoms with Crippen molar-refractivity contribution in [2.45, 2.75) is 0 Å². The zero-order valence-corrected chi connectivity index (χ0v) is 13.2. The fourth-order valence-electron chi connectivity index (χ4n) is 3.08. The Bertz CT molecular complexity index is 1140. The van der Waals surface area contributed by atoms with E-state index in [1.165, 1.54) is 4.68 Å². The summed E-state index contributed by atoms with van der Waals surface area (Å²) in [4.78, 5) is 13.1. The predicted molar refractivity (Wildman–Crippen MR) is 94.7 cm³/mol. The smallest absolute Gasteiger partial charge is 0.355 e. The van der Waals surface area contributed by atoms with Gasteiger partial charge in [0.25, 0.3) is 0 Å². The fraction of sp³-hybridized carbons (Fsp3) is 0. The second-order valence-corrected chi connectivity index (χ2v) is 5.75. The van der Waals surface area contributed by atoms with Crippen LogP contribution >= 0.6 is 0 Å². The van der Waals surface area contributed by atoms with Crippen molar-refractivity contribution in [3.05, 3.63) is 89.3 Å². The lowest BCUT2D eigenvalue weighted by atomic mass is 10.2. The first kappa shape index (κ1) is 13.8. The number of rotatable bonds is 1. The summed E-state index contributed by atoms with van der Waals surface area (Å²) < 4.78 is 9.06. The van der Waals surface area contributed by atoms with Gasteiger partial charge in [-0.25, -0.2) is 9.36 Å². The van der Waals surface area contributed by atoms with Crippen LogP contribution in [0.3, 0.4) is 0 Å². The molecule has 0 atom stereocenters. The van der Waals surface area contributed by atoms with E-state index < -0.39 is 0 Å². The highest BCUT2D eigenvalue weighted by molar-refractivity contribution is 5.70. The number of benzene rings is 3. The molecule has 120 valence electrons. The molecule has 1 aromatic heterocycles. The largest absolute Gasteiger partial charge is 0.454 e. The van der Waals surface area contributed by atoms with Crippen molar-refractivity contribution >= 4 is 0 Å². The molecule has 3 aromatic carbocycles. The van der Waals surface area contributed by atoms with E-state index in [1.54, 1.807) is 4.57 Å². The monoisotopic (exact) mass is 327 g/mol. The van der Waals surface area contributed by atoms with Gasteiger partial charge in [-0.05, 0) is 36.4 Å². The Morgan fingerprint density at radius 2 is 1.44 bits per heavy atom. The highest BCUT2D eigenvalue weighted by atomic mass is 16.5. The van der Waals surface area contributed by atoms with Gasteiger partial charge in [-0.3, -0.25) is 0 Å². The lowest BCUT2D eigenvalue weighted by Gasteiger charge is -2.08. The van der Waals surface area contributed by atoms with Crippen molar-refractivity contribution in [3.63, 3.8) is 0 Å². The van der Waals surface area contributed by atoms with E-state index in [-0.39, 0.29) is 5.69 Å². The number of hydrogen-bond donors (Lipinski definition) is 0. The Morgan fingerprint density at radius 3 is 2.28 bits per heavy atom. The summed E-state index contributed by atoms with van der Waals surface area (Å²) in [5.41, 5.74) is 1.96. The number of para-hydroxylation sites is 4. The summed E-state index contributed by atoms with van der Waals surface area (Å²) in [6.45, 7) is 0. The topological polar surface area (TPSA) is 49.0 Å². The molecule has 5 rings (SSSR count). The van der Waals surface area contributed by atoms with Gasteiger partial charge >= 0.3 is 5.69 Å². The second kappa shape index (κ2) is 5.21. The molecule has 0 N–H and O–H groups in total. The van der Waals surface area contributed by atoms with E-state index in [2.05, 4.69) is 5.10 Å². The van der Waals surface area contributed by atoms with Gasteiger partial charge in [0.05, 0.1) is 16.9 Å². The molecule has 0 saturated carbocycles. The Kier molecular flexibility index (Phi) is 2.87. The van der Waals surface area contributed by atoms with Crippen LogP contribution in [0, 0.1) is 0 Å². The van der Waals surface area contributed by atoms with Crippen LogP contribution in [0.2, 0.25) is 0 Å². The number of fused-ring (bicyclic) bond motifs is 5. The van der Waals surface area contributed by atoms with E-state index in [4.69, 9.17) is 4.74 Å². The molecule has 5 heteroatoms. The second-order valence-electron chi connectivity index (χ2n) is 5.75. The Morgan fingerprint density at radius 1 is 0.760 bits per heavy atom. The average molecular weight is 327 g/mol. The van der Waals surface area contributed by atoms with E-state index in [0.717, 1.165) is 11.3 Å². The summed E-state index contributed by atoms with van der Waals surface area (Å²) in [6.07, 6.45) is 0. The number of nitrogens with zero attached hydrogens (tertiary/aromatic N) is 3. The Balaban J connectivity index is 1.89. The lowest BCUT2D eigenvalue weighted by Crippen LogP contribution is -2.22. The first-order valence-electron chi connectivity index (χ1n) is 7.97. The first-order valence-corrected chi connectivity index (χ1v) is 7.97. The maximum absolute atomic E-state index is 13.1. The minimum Gasteiger partial charge on any atom is -0.454 e. The molecule has 1 aliphatic heterocycles. The van der Waals surface area contributed by atoms with Crippen LogP contribution in [-0.4, -0.2) is 14.3 Å². The Hall–Kier alpha value is -3.60. The van der Waals surface area contributed by atoms with E-state index >= 15 is 0 Å². The molecule has 0 amide bonds. The zero-order chi connectivity index (χ0) is 16.8. The average Bonchev–Trinajstić information content (AvgIpc) is 2.93. The van der Waals surface area contributed by atoms with Crippen LogP contribution in [0.1, 0.15) is 0 Å². The van der Waals surface area contributed by atoms with Crippen LogP contribution in [0.5, 0.6) is 11.5 Å². The van der Waals surface area contributed by atoms with Gasteiger partial charge in [0, 0.05) is 0 Å². The van der Waals surface area contributed by atoms with Crippen molar-refractivity contribution in [2.24, 2.45) is 0 Å². The third-order valence-electron chi connectivity index (χ3n) is 4.23. The maximum Gasteiger partial charge on any atom is 0.355 e. The van der Waals surface area contributed by atoms with Crippen LogP contribution in [-0.2, 0) is 0 Å². The molecular formula is C20H13N3O2. The lowest BCUT2D eigenvalue weighted by molar-refractivity contribution is 0.484. The van der Waals surface area contributed by atoms with Crippen LogP contribution < -0.4 is 10.4 Å². The van der Waals surface area contributed by atoms with E-state index in [1.807, 2.05) is 78.9 Å². The number of aromatic nitrogens is 3. The van der Waals surface area contributed by atoms with Gasteiger partial charge in [0.1, 0.15) is 5.75 Å². The molecule has 0 spiro atoms. The van der Waals surface area contributed by atoms with E-state index in [0.29, 0.717) is 23.0 Å². The van der Waals surface area contributed by atoms with Gasteiger partial charge in [-0.2, -0.15) is 4.68 Å². The molecule has 0 unspecified atom stereocenters. The molecule has 25 heavy (non-hydrogen) atoms. The third-order valence-corrected chi connectivity index (χ3v) is 4.23. The Labute approximate surface area is 143 Å². The maximum atomic E-state index is 13.1. The molecule has 4 aromatic rings. The SMILES string of the molecule is O=c1n(-c2ccccc2)nc2n1-c1ccccc1Oc1ccccc1-2. The predicted octanol–water partition coefficient (Wildman–Crippen LogP) is 3.80. The quantitative estimate of drug-likeness (QED) is 0.470. The van der Waals surface area contributed by atoms with Crippen molar-refractivity contribution in [2.75, 3.05) is 0 Å². The number of ether oxygens (including phenoxy) is 1. The summed E-state index contributed by atoms with van der Waals surface area (Å²) in [6, 6.07) is 24.5. The molecule has 1 aliphatic rings. The zero-order valence-electron chi connectivity index (χ0n) is 13.2. The molecule has 5 nitrogen and oxygen atoms in total. The minimum absolute atomic E-state index is 0.228. The highest BCUT2D eigenvalue weighted by Gasteiger charge is 2.25. The summed E-state index contributed by atoms with van der Waals surface area (Å²) in [5.74, 6) is 1.87. The van der Waals surface area contributed by atoms with E-state index in [9.17, 15) is 4.79 Å². The summed E-state index contributed by atoms with van der Waals surface area (Å²) in [7, 11) is 0. The molecule has 0 fully saturated rings. The van der Waals surface area contributed by atoms with Gasteiger partial charge < -0.3 is 4.74 Å². The van der Waals surface area contributed by atoms with Crippen molar-refractivity contribution in [1.29, 1.82) is 0 Å². The van der Waals surface area contributed by atoms with Crippen molar-refractivity contribution in [1.82, 2.24) is 14.3 Å². The molecule has 0 saturated heterocycles. The van der Waals surface area contributed by atoms with Crippen LogP contribution in [0.25, 0.3) is 22.8 Å². The fourth-order valence-corrected chi connectivity index (χ4v) is 3.08. The minimum atomic E-state index is -0.228. The first-order chi connectivity index (χ1) is 12.3. The summed E-state index contributed by atoms with van der Waals surface area (Å²) in [5, 5.41) is 4.61. The standard InChI is InChI=1S/C20H13N3O2/c24-20-22-16-11-5-7-13-18(16)25-17-12-6-4-10-15(17)19(22)21-23(20)14-8-2-1-3-9-14/h1-13H. The highest BCUT2D eigenvalue weighted by Crippen LogP contribution is 2.39. The molecular weight excluding hydrogens is 314 g/mol. The van der Waals surface area contributed by atoms with Gasteiger partial charge in [-0.1, -0.05) is 42.5 Å². The van der Waals surface area contributed by atoms with Crippen molar-refractivity contribution in [3.8, 4) is 34.3 Å². The third kappa shape index (κ3) is 2.03. The number of hydrogen-bond acceptors (Lipinski definition) is 3. The molecule has 0 radical (unpaired) electrons.